The molecule has 0 saturated carbocycles. The lowest BCUT2D eigenvalue weighted by molar-refractivity contribution is -0.139. The quantitative estimate of drug-likeness (QED) is 0.615. The number of ether oxygens (including phenoxy) is 1. The van der Waals surface area contributed by atoms with Gasteiger partial charge in [0.15, 0.2) is 0 Å². The van der Waals surface area contributed by atoms with Crippen molar-refractivity contribution in [2.75, 3.05) is 6.61 Å². The summed E-state index contributed by atoms with van der Waals surface area (Å²) in [5.41, 5.74) is 7.94. The molecule has 1 radical (unpaired) electrons. The third-order valence-electron chi connectivity index (χ3n) is 5.49. The molecular weight excluding hydrogens is 332 g/mol. The molecule has 0 fully saturated rings. The van der Waals surface area contributed by atoms with Crippen LogP contribution < -0.4 is 0 Å². The number of hydrogen-bond acceptors (Lipinski definition) is 2. The molecule has 0 aliphatic heterocycles. The fraction of sp³-hybridized carbons (Fsp3) is 0.120. The zero-order valence-corrected chi connectivity index (χ0v) is 14.9. The van der Waals surface area contributed by atoms with Crippen LogP contribution in [0.1, 0.15) is 28.2 Å². The monoisotopic (exact) mass is 351 g/mol. The zero-order chi connectivity index (χ0) is 18.2. The summed E-state index contributed by atoms with van der Waals surface area (Å²) in [5.74, 6) is -0.149. The van der Waals surface area contributed by atoms with Crippen molar-refractivity contribution in [2.24, 2.45) is 0 Å². The van der Waals surface area contributed by atoms with Gasteiger partial charge in [0.05, 0.1) is 0 Å². The molecule has 0 aromatic heterocycles. The Morgan fingerprint density at radius 1 is 0.852 bits per heavy atom. The number of hydrogen-bond donors (Lipinski definition) is 0. The highest BCUT2D eigenvalue weighted by Crippen LogP contribution is 2.44. The summed E-state index contributed by atoms with van der Waals surface area (Å²) >= 11 is 0. The molecule has 0 spiro atoms. The minimum Gasteiger partial charge on any atom is -0.461 e. The van der Waals surface area contributed by atoms with Crippen LogP contribution in [0.2, 0.25) is 0 Å². The number of rotatable bonds is 3. The Hall–Kier alpha value is -3.13. The average molecular weight is 351 g/mol. The van der Waals surface area contributed by atoms with E-state index in [0.29, 0.717) is 12.2 Å². The second-order valence-electron chi connectivity index (χ2n) is 7.03. The maximum Gasteiger partial charge on any atom is 0.334 e. The summed E-state index contributed by atoms with van der Waals surface area (Å²) in [7, 11) is 0. The predicted molar refractivity (Wildman–Crippen MR) is 106 cm³/mol. The lowest BCUT2D eigenvalue weighted by Crippen LogP contribution is -2.16. The Balaban J connectivity index is 1.35. The molecule has 2 aliphatic rings. The van der Waals surface area contributed by atoms with E-state index < -0.39 is 0 Å². The lowest BCUT2D eigenvalue weighted by atomic mass is 9.91. The first-order chi connectivity index (χ1) is 13.3. The van der Waals surface area contributed by atoms with E-state index >= 15 is 0 Å². The van der Waals surface area contributed by atoms with Crippen molar-refractivity contribution in [3.8, 4) is 11.1 Å². The van der Waals surface area contributed by atoms with Crippen LogP contribution in [0.3, 0.4) is 0 Å². The lowest BCUT2D eigenvalue weighted by Gasteiger charge is -2.18. The average Bonchev–Trinajstić information content (AvgIpc) is 3.05. The molecule has 3 aromatic rings. The standard InChI is InChI=1S/C25H19O2/c26-25(19-14-13-17-7-1-2-8-18(17)15-19)27-16-24-22-11-5-3-9-20(22)21-10-4-6-12-23(21)24/h1-12,14-15,24H,13,16H2. The van der Waals surface area contributed by atoms with E-state index in [0.717, 1.165) is 12.0 Å². The molecule has 0 amide bonds. The molecule has 2 heteroatoms. The molecule has 0 N–H and O–H groups in total. The summed E-state index contributed by atoms with van der Waals surface area (Å²) in [6.07, 6.45) is 4.66. The third kappa shape index (κ3) is 2.78. The normalized spacial score (nSPS) is 14.7. The van der Waals surface area contributed by atoms with Gasteiger partial charge in [-0.3, -0.25) is 0 Å². The van der Waals surface area contributed by atoms with E-state index in [4.69, 9.17) is 4.74 Å². The number of allylic oxidation sites excluding steroid dienone is 1. The number of fused-ring (bicyclic) bond motifs is 4. The summed E-state index contributed by atoms with van der Waals surface area (Å²) in [6.45, 7) is 0.361. The van der Waals surface area contributed by atoms with E-state index in [-0.39, 0.29) is 11.9 Å². The van der Waals surface area contributed by atoms with Crippen LogP contribution in [0.25, 0.3) is 11.1 Å². The Morgan fingerprint density at radius 3 is 2.22 bits per heavy atom. The van der Waals surface area contributed by atoms with Gasteiger partial charge in [0.25, 0.3) is 0 Å². The van der Waals surface area contributed by atoms with Gasteiger partial charge in [-0.15, -0.1) is 0 Å². The summed E-state index contributed by atoms with van der Waals surface area (Å²) in [4.78, 5) is 12.7. The Morgan fingerprint density at radius 2 is 1.48 bits per heavy atom. The van der Waals surface area contributed by atoms with Crippen molar-refractivity contribution in [3.63, 3.8) is 0 Å². The van der Waals surface area contributed by atoms with E-state index in [1.807, 2.05) is 42.8 Å². The molecule has 3 aromatic carbocycles. The van der Waals surface area contributed by atoms with Crippen LogP contribution in [-0.2, 0) is 16.0 Å². The topological polar surface area (TPSA) is 26.3 Å². The van der Waals surface area contributed by atoms with E-state index in [1.54, 1.807) is 0 Å². The van der Waals surface area contributed by atoms with Gasteiger partial charge in [0.1, 0.15) is 6.61 Å². The third-order valence-corrected chi connectivity index (χ3v) is 5.49. The first kappa shape index (κ1) is 16.1. The van der Waals surface area contributed by atoms with Gasteiger partial charge in [-0.25, -0.2) is 4.79 Å². The van der Waals surface area contributed by atoms with Crippen molar-refractivity contribution in [1.82, 2.24) is 0 Å². The molecule has 0 atom stereocenters. The van der Waals surface area contributed by atoms with Crippen molar-refractivity contribution >= 4 is 5.97 Å². The smallest absolute Gasteiger partial charge is 0.334 e. The van der Waals surface area contributed by atoms with Gasteiger partial charge in [-0.05, 0) is 39.8 Å². The summed E-state index contributed by atoms with van der Waals surface area (Å²) in [5, 5.41) is 0. The minimum absolute atomic E-state index is 0.0952. The first-order valence-corrected chi connectivity index (χ1v) is 9.29. The molecule has 0 bridgehead atoms. The van der Waals surface area contributed by atoms with Gasteiger partial charge in [0, 0.05) is 17.9 Å². The minimum atomic E-state index is -0.244. The summed E-state index contributed by atoms with van der Waals surface area (Å²) < 4.78 is 5.76. The van der Waals surface area contributed by atoms with Gasteiger partial charge in [-0.2, -0.15) is 0 Å². The van der Waals surface area contributed by atoms with E-state index in [9.17, 15) is 4.79 Å². The number of carbonyl (C=O) groups is 1. The fourth-order valence-corrected chi connectivity index (χ4v) is 4.13. The molecule has 0 saturated heterocycles. The molecule has 27 heavy (non-hydrogen) atoms. The first-order valence-electron chi connectivity index (χ1n) is 9.29. The van der Waals surface area contributed by atoms with Crippen molar-refractivity contribution in [2.45, 2.75) is 12.3 Å². The van der Waals surface area contributed by atoms with Crippen LogP contribution in [0.15, 0.2) is 84.4 Å². The maximum absolute atomic E-state index is 12.7. The van der Waals surface area contributed by atoms with Crippen LogP contribution in [-0.4, -0.2) is 12.6 Å². The highest BCUT2D eigenvalue weighted by Gasteiger charge is 2.29. The molecule has 2 aliphatic carbocycles. The van der Waals surface area contributed by atoms with Gasteiger partial charge in [0.2, 0.25) is 0 Å². The second-order valence-corrected chi connectivity index (χ2v) is 7.03. The van der Waals surface area contributed by atoms with Crippen LogP contribution >= 0.6 is 0 Å². The Labute approximate surface area is 159 Å². The number of benzene rings is 3. The molecule has 0 unspecified atom stereocenters. The van der Waals surface area contributed by atoms with E-state index in [2.05, 4.69) is 42.5 Å². The molecule has 5 rings (SSSR count). The number of esters is 1. The highest BCUT2D eigenvalue weighted by atomic mass is 16.5. The van der Waals surface area contributed by atoms with Crippen molar-refractivity contribution in [1.29, 1.82) is 0 Å². The molecule has 2 nitrogen and oxygen atoms in total. The Kier molecular flexibility index (Phi) is 3.90. The van der Waals surface area contributed by atoms with Crippen molar-refractivity contribution in [3.05, 3.63) is 113 Å². The van der Waals surface area contributed by atoms with E-state index in [1.165, 1.54) is 27.8 Å². The predicted octanol–water partition coefficient (Wildman–Crippen LogP) is 5.08. The van der Waals surface area contributed by atoms with Gasteiger partial charge in [-0.1, -0.05) is 78.9 Å². The van der Waals surface area contributed by atoms with Crippen LogP contribution in [0.5, 0.6) is 0 Å². The molecule has 131 valence electrons. The van der Waals surface area contributed by atoms with Crippen LogP contribution in [0.4, 0.5) is 0 Å². The van der Waals surface area contributed by atoms with Crippen molar-refractivity contribution < 1.29 is 9.53 Å². The SMILES string of the molecule is O=C(OCC1c2ccccc2-c2ccccc21)C1=CCc2ccccc2[CH]1. The maximum atomic E-state index is 12.7. The largest absolute Gasteiger partial charge is 0.461 e. The fourth-order valence-electron chi connectivity index (χ4n) is 4.13. The van der Waals surface area contributed by atoms with Gasteiger partial charge >= 0.3 is 5.97 Å². The second kappa shape index (κ2) is 6.55. The molecule has 0 heterocycles. The highest BCUT2D eigenvalue weighted by molar-refractivity contribution is 5.92. The van der Waals surface area contributed by atoms with Crippen LogP contribution in [0, 0.1) is 6.42 Å². The number of carbonyl (C=O) groups excluding carboxylic acids is 1. The zero-order valence-electron chi connectivity index (χ0n) is 14.9. The van der Waals surface area contributed by atoms with Gasteiger partial charge < -0.3 is 4.74 Å². The molecular formula is C25H19O2. The summed E-state index contributed by atoms with van der Waals surface area (Å²) in [6, 6.07) is 24.9. The Bertz CT molecular complexity index is 1020.